The smallest absolute Gasteiger partial charge is 0.225 e. The molecule has 22 heavy (non-hydrogen) atoms. The molecule has 2 bridgehead atoms. The predicted molar refractivity (Wildman–Crippen MR) is 87.4 cm³/mol. The van der Waals surface area contributed by atoms with E-state index >= 15 is 0 Å². The van der Waals surface area contributed by atoms with Gasteiger partial charge >= 0.3 is 0 Å². The van der Waals surface area contributed by atoms with Gasteiger partial charge in [-0.25, -0.2) is 0 Å². The average molecular weight is 309 g/mol. The van der Waals surface area contributed by atoms with Gasteiger partial charge in [-0.2, -0.15) is 0 Å². The summed E-state index contributed by atoms with van der Waals surface area (Å²) in [6.07, 6.45) is 4.36. The molecule has 2 aliphatic carbocycles. The molecule has 1 heterocycles. The third-order valence-corrected chi connectivity index (χ3v) is 6.80. The molecule has 3 rings (SSSR count). The first-order chi connectivity index (χ1) is 10.2. The minimum atomic E-state index is 0.252. The van der Waals surface area contributed by atoms with Crippen LogP contribution in [-0.4, -0.2) is 56.3 Å². The number of hydrogen-bond donors (Lipinski definition) is 1. The number of hydrogen-bond acceptors (Lipinski definition) is 2. The fourth-order valence-corrected chi connectivity index (χ4v) is 5.21. The highest BCUT2D eigenvalue weighted by Crippen LogP contribution is 2.62. The van der Waals surface area contributed by atoms with Crippen molar-refractivity contribution in [2.24, 2.45) is 16.7 Å². The van der Waals surface area contributed by atoms with Gasteiger partial charge < -0.3 is 14.5 Å². The third-order valence-electron chi connectivity index (χ3n) is 6.80. The van der Waals surface area contributed by atoms with Gasteiger partial charge in [0.1, 0.15) is 13.1 Å². The zero-order valence-corrected chi connectivity index (χ0v) is 14.8. The number of quaternary nitrogens is 1. The first-order valence-electron chi connectivity index (χ1n) is 8.93. The van der Waals surface area contributed by atoms with Gasteiger partial charge in [-0.1, -0.05) is 20.8 Å². The summed E-state index contributed by atoms with van der Waals surface area (Å²) < 4.78 is 6.41. The van der Waals surface area contributed by atoms with Crippen LogP contribution in [0.25, 0.3) is 0 Å². The van der Waals surface area contributed by atoms with Gasteiger partial charge in [0.25, 0.3) is 0 Å². The molecule has 4 heteroatoms. The molecular weight excluding hydrogens is 276 g/mol. The number of likely N-dealkylation sites (N-methyl/N-ethyl adjacent to an activating group) is 1. The summed E-state index contributed by atoms with van der Waals surface area (Å²) in [6, 6.07) is 0.396. The number of nitrogens with one attached hydrogen (secondary N) is 1. The molecule has 0 aromatic carbocycles. The number of carbonyl (C=O) groups is 1. The Hall–Kier alpha value is -0.610. The molecule has 1 N–H and O–H groups in total. The molecule has 1 aliphatic heterocycles. The fraction of sp³-hybridized carbons (Fsp3) is 0.944. The minimum Gasteiger partial charge on any atom is -0.370 e. The van der Waals surface area contributed by atoms with Crippen molar-refractivity contribution < 1.29 is 14.0 Å². The van der Waals surface area contributed by atoms with Gasteiger partial charge in [0.2, 0.25) is 5.91 Å². The second kappa shape index (κ2) is 5.48. The monoisotopic (exact) mass is 309 g/mol. The Morgan fingerprint density at radius 2 is 1.95 bits per heavy atom. The maximum Gasteiger partial charge on any atom is 0.225 e. The molecule has 0 aromatic rings. The zero-order chi connectivity index (χ0) is 16.0. The van der Waals surface area contributed by atoms with Crippen LogP contribution >= 0.6 is 0 Å². The summed E-state index contributed by atoms with van der Waals surface area (Å²) in [7, 11) is 2.25. The van der Waals surface area contributed by atoms with Gasteiger partial charge in [0.05, 0.1) is 33.2 Å². The molecule has 3 aliphatic rings. The third kappa shape index (κ3) is 3.05. The van der Waals surface area contributed by atoms with Crippen LogP contribution < -0.4 is 5.32 Å². The van der Waals surface area contributed by atoms with Crippen LogP contribution in [0.2, 0.25) is 0 Å². The molecule has 0 unspecified atom stereocenters. The lowest BCUT2D eigenvalue weighted by Crippen LogP contribution is -2.54. The Morgan fingerprint density at radius 1 is 1.27 bits per heavy atom. The van der Waals surface area contributed by atoms with E-state index in [2.05, 4.69) is 33.1 Å². The molecule has 0 spiro atoms. The Balaban J connectivity index is 1.49. The van der Waals surface area contributed by atoms with E-state index in [1.807, 2.05) is 0 Å². The van der Waals surface area contributed by atoms with Crippen LogP contribution in [0, 0.1) is 16.7 Å². The largest absolute Gasteiger partial charge is 0.370 e. The first-order valence-corrected chi connectivity index (χ1v) is 8.93. The molecule has 4 nitrogen and oxygen atoms in total. The van der Waals surface area contributed by atoms with E-state index in [1.54, 1.807) is 0 Å². The molecule has 3 fully saturated rings. The SMILES string of the molecule is CC1(C)C[C@@]2(C)C[C@H]1C[C@@H]2NC(=O)CC[N+]1(C)CCOCC1. The summed E-state index contributed by atoms with van der Waals surface area (Å²) in [5.41, 5.74) is 0.781. The minimum absolute atomic E-state index is 0.252. The summed E-state index contributed by atoms with van der Waals surface area (Å²) >= 11 is 0. The number of nitrogens with zero attached hydrogens (tertiary/aromatic N) is 1. The van der Waals surface area contributed by atoms with E-state index in [9.17, 15) is 4.79 Å². The first kappa shape index (κ1) is 16.3. The predicted octanol–water partition coefficient (Wildman–Crippen LogP) is 2.18. The van der Waals surface area contributed by atoms with Crippen LogP contribution in [-0.2, 0) is 9.53 Å². The van der Waals surface area contributed by atoms with Crippen molar-refractivity contribution in [3.05, 3.63) is 0 Å². The average Bonchev–Trinajstić information content (AvgIpc) is 2.86. The van der Waals surface area contributed by atoms with Gasteiger partial charge in [-0.3, -0.25) is 4.79 Å². The van der Waals surface area contributed by atoms with E-state index in [-0.39, 0.29) is 5.91 Å². The second-order valence-corrected chi connectivity index (χ2v) is 9.23. The van der Waals surface area contributed by atoms with Crippen LogP contribution in [0.15, 0.2) is 0 Å². The van der Waals surface area contributed by atoms with E-state index < -0.39 is 0 Å². The number of fused-ring (bicyclic) bond motifs is 2. The van der Waals surface area contributed by atoms with Gasteiger partial charge in [0.15, 0.2) is 0 Å². The van der Waals surface area contributed by atoms with E-state index in [1.165, 1.54) is 19.3 Å². The maximum atomic E-state index is 12.4. The lowest BCUT2D eigenvalue weighted by Gasteiger charge is -2.40. The van der Waals surface area contributed by atoms with Crippen LogP contribution in [0.5, 0.6) is 0 Å². The normalized spacial score (nSPS) is 38.9. The molecule has 0 radical (unpaired) electrons. The number of ether oxygens (including phenoxy) is 1. The van der Waals surface area contributed by atoms with Crippen LogP contribution in [0.3, 0.4) is 0 Å². The number of carbonyl (C=O) groups excluding carboxylic acids is 1. The topological polar surface area (TPSA) is 38.3 Å². The zero-order valence-electron chi connectivity index (χ0n) is 14.8. The summed E-state index contributed by atoms with van der Waals surface area (Å²) in [5, 5.41) is 3.37. The maximum absolute atomic E-state index is 12.4. The Kier molecular flexibility index (Phi) is 4.05. The highest BCUT2D eigenvalue weighted by molar-refractivity contribution is 5.76. The summed E-state index contributed by atoms with van der Waals surface area (Å²) in [4.78, 5) is 12.4. The van der Waals surface area contributed by atoms with Crippen molar-refractivity contribution in [3.63, 3.8) is 0 Å². The Morgan fingerprint density at radius 3 is 2.50 bits per heavy atom. The van der Waals surface area contributed by atoms with Gasteiger partial charge in [0, 0.05) is 6.04 Å². The summed E-state index contributed by atoms with van der Waals surface area (Å²) in [6.45, 7) is 11.8. The lowest BCUT2D eigenvalue weighted by molar-refractivity contribution is -0.916. The highest BCUT2D eigenvalue weighted by atomic mass is 16.5. The molecule has 1 saturated heterocycles. The van der Waals surface area contributed by atoms with Crippen molar-refractivity contribution in [1.82, 2.24) is 5.32 Å². The standard InChI is InChI=1S/C18H32N2O2/c1-17(2)13-18(3)12-14(17)11-15(18)19-16(21)5-6-20(4)7-9-22-10-8-20/h14-15H,5-13H2,1-4H3/p+1/t14-,15+,18-/m1/s1. The summed E-state index contributed by atoms with van der Waals surface area (Å²) in [5.74, 6) is 1.04. The van der Waals surface area contributed by atoms with Gasteiger partial charge in [-0.15, -0.1) is 0 Å². The van der Waals surface area contributed by atoms with E-state index in [0.29, 0.717) is 23.3 Å². The van der Waals surface area contributed by atoms with Crippen LogP contribution in [0.1, 0.15) is 46.5 Å². The molecular formula is C18H33N2O2+. The van der Waals surface area contributed by atoms with E-state index in [4.69, 9.17) is 4.74 Å². The highest BCUT2D eigenvalue weighted by Gasteiger charge is 2.57. The number of morpholine rings is 1. The quantitative estimate of drug-likeness (QED) is 0.809. The molecule has 0 aromatic heterocycles. The van der Waals surface area contributed by atoms with Crippen molar-refractivity contribution in [2.45, 2.75) is 52.5 Å². The molecule has 1 amide bonds. The van der Waals surface area contributed by atoms with Crippen molar-refractivity contribution in [3.8, 4) is 0 Å². The number of amides is 1. The van der Waals surface area contributed by atoms with Crippen molar-refractivity contribution in [2.75, 3.05) is 39.9 Å². The fourth-order valence-electron chi connectivity index (χ4n) is 5.21. The molecule has 2 saturated carbocycles. The Bertz CT molecular complexity index is 442. The molecule has 126 valence electrons. The van der Waals surface area contributed by atoms with Gasteiger partial charge in [-0.05, 0) is 36.0 Å². The number of rotatable bonds is 4. The molecule has 3 atom stereocenters. The van der Waals surface area contributed by atoms with Crippen LogP contribution in [0.4, 0.5) is 0 Å². The van der Waals surface area contributed by atoms with E-state index in [0.717, 1.165) is 43.2 Å². The van der Waals surface area contributed by atoms with Crippen molar-refractivity contribution >= 4 is 5.91 Å². The van der Waals surface area contributed by atoms with Crippen molar-refractivity contribution in [1.29, 1.82) is 0 Å². The lowest BCUT2D eigenvalue weighted by atomic mass is 9.70. The second-order valence-electron chi connectivity index (χ2n) is 9.23. The Labute approximate surface area is 135 Å².